The van der Waals surface area contributed by atoms with Gasteiger partial charge in [0.25, 0.3) is 0 Å². The second-order valence-electron chi connectivity index (χ2n) is 7.04. The molecule has 0 fully saturated rings. The Kier molecular flexibility index (Phi) is 3.45. The summed E-state index contributed by atoms with van der Waals surface area (Å²) >= 11 is 0. The summed E-state index contributed by atoms with van der Waals surface area (Å²) in [5, 5.41) is 3.47. The van der Waals surface area contributed by atoms with E-state index in [-0.39, 0.29) is 5.41 Å². The van der Waals surface area contributed by atoms with Gasteiger partial charge in [-0.2, -0.15) is 4.58 Å². The Bertz CT molecular complexity index is 846. The van der Waals surface area contributed by atoms with E-state index in [2.05, 4.69) is 96.5 Å². The number of hydrogen-bond donors (Lipinski definition) is 1. The van der Waals surface area contributed by atoms with Gasteiger partial charge in [-0.3, -0.25) is 0 Å². The van der Waals surface area contributed by atoms with E-state index in [9.17, 15) is 0 Å². The van der Waals surface area contributed by atoms with Crippen molar-refractivity contribution in [2.45, 2.75) is 19.3 Å². The van der Waals surface area contributed by atoms with Crippen LogP contribution in [0.2, 0.25) is 0 Å². The molecule has 0 aromatic heterocycles. The zero-order valence-corrected chi connectivity index (χ0v) is 14.6. The molecule has 2 aromatic carbocycles. The number of likely N-dealkylation sites (N-methyl/N-ethyl adjacent to an activating group) is 1. The van der Waals surface area contributed by atoms with Crippen LogP contribution in [0.1, 0.15) is 19.4 Å². The maximum absolute atomic E-state index is 3.47. The van der Waals surface area contributed by atoms with Crippen molar-refractivity contribution in [3.8, 4) is 0 Å². The number of nitrogens with zero attached hydrogens (tertiary/aromatic N) is 2. The van der Waals surface area contributed by atoms with E-state index in [1.54, 1.807) is 0 Å². The average molecular weight is 318 g/mol. The first-order valence-electron chi connectivity index (χ1n) is 8.57. The van der Waals surface area contributed by atoms with Gasteiger partial charge in [0.05, 0.1) is 6.54 Å². The molecule has 0 spiro atoms. The molecule has 2 heterocycles. The number of fused-ring (bicyclic) bond motifs is 2. The first kappa shape index (κ1) is 15.0. The van der Waals surface area contributed by atoms with E-state index in [0.717, 1.165) is 13.1 Å². The van der Waals surface area contributed by atoms with Crippen LogP contribution in [0.3, 0.4) is 0 Å². The predicted molar refractivity (Wildman–Crippen MR) is 102 cm³/mol. The normalized spacial score (nSPS) is 21.5. The fourth-order valence-corrected chi connectivity index (χ4v) is 3.92. The quantitative estimate of drug-likeness (QED) is 0.797. The van der Waals surface area contributed by atoms with Crippen molar-refractivity contribution < 1.29 is 4.58 Å². The highest BCUT2D eigenvalue weighted by Crippen LogP contribution is 2.46. The number of hydrogen-bond acceptors (Lipinski definition) is 2. The third-order valence-corrected chi connectivity index (χ3v) is 5.23. The van der Waals surface area contributed by atoms with E-state index < -0.39 is 0 Å². The van der Waals surface area contributed by atoms with Crippen LogP contribution < -0.4 is 10.2 Å². The molecule has 122 valence electrons. The van der Waals surface area contributed by atoms with Gasteiger partial charge in [-0.1, -0.05) is 44.2 Å². The summed E-state index contributed by atoms with van der Waals surface area (Å²) < 4.78 is 2.34. The van der Waals surface area contributed by atoms with E-state index in [0.29, 0.717) is 0 Å². The van der Waals surface area contributed by atoms with E-state index >= 15 is 0 Å². The van der Waals surface area contributed by atoms with Crippen LogP contribution in [-0.4, -0.2) is 30.9 Å². The molecule has 0 saturated heterocycles. The second-order valence-corrected chi connectivity index (χ2v) is 7.04. The van der Waals surface area contributed by atoms with Gasteiger partial charge >= 0.3 is 0 Å². The van der Waals surface area contributed by atoms with Crippen molar-refractivity contribution in [2.24, 2.45) is 0 Å². The molecule has 0 saturated carbocycles. The Balaban J connectivity index is 1.76. The Hall–Kier alpha value is -2.55. The summed E-state index contributed by atoms with van der Waals surface area (Å²) in [4.78, 5) is 2.32. The smallest absolute Gasteiger partial charge is 0.228 e. The molecule has 0 unspecified atom stereocenters. The van der Waals surface area contributed by atoms with Crippen LogP contribution in [0.25, 0.3) is 0 Å². The zero-order chi connectivity index (χ0) is 16.7. The molecule has 0 aliphatic carbocycles. The molecule has 3 heteroatoms. The van der Waals surface area contributed by atoms with Gasteiger partial charge in [0.1, 0.15) is 5.69 Å². The topological polar surface area (TPSA) is 18.3 Å². The van der Waals surface area contributed by atoms with Gasteiger partial charge in [-0.15, -0.1) is 0 Å². The largest absolute Gasteiger partial charge is 0.373 e. The van der Waals surface area contributed by atoms with Gasteiger partial charge in [0, 0.05) is 36.0 Å². The third-order valence-electron chi connectivity index (χ3n) is 5.23. The molecule has 2 aliphatic rings. The molecule has 4 rings (SSSR count). The molecule has 2 aliphatic heterocycles. The van der Waals surface area contributed by atoms with Crippen LogP contribution in [0.5, 0.6) is 0 Å². The predicted octanol–water partition coefficient (Wildman–Crippen LogP) is 4.14. The van der Waals surface area contributed by atoms with Crippen LogP contribution in [0.15, 0.2) is 60.3 Å². The number of rotatable bonds is 1. The lowest BCUT2D eigenvalue weighted by Gasteiger charge is -2.23. The maximum atomic E-state index is 3.47. The van der Waals surface area contributed by atoms with Gasteiger partial charge in [-0.05, 0) is 17.7 Å². The SMILES string of the molecule is CN1C(=CC=[N+]2CCNc3ccccc32)C(C)(C)c2ccccc21. The average Bonchev–Trinajstić information content (AvgIpc) is 2.80. The summed E-state index contributed by atoms with van der Waals surface area (Å²) in [6.07, 6.45) is 4.52. The second kappa shape index (κ2) is 5.52. The van der Waals surface area contributed by atoms with Crippen molar-refractivity contribution in [1.29, 1.82) is 0 Å². The lowest BCUT2D eigenvalue weighted by Crippen LogP contribution is -2.26. The summed E-state index contributed by atoms with van der Waals surface area (Å²) in [6, 6.07) is 17.2. The van der Waals surface area contributed by atoms with Crippen molar-refractivity contribution >= 4 is 23.3 Å². The van der Waals surface area contributed by atoms with Gasteiger partial charge < -0.3 is 10.2 Å². The highest BCUT2D eigenvalue weighted by atomic mass is 15.2. The molecular weight excluding hydrogens is 294 g/mol. The monoisotopic (exact) mass is 318 g/mol. The highest BCUT2D eigenvalue weighted by molar-refractivity contribution is 5.78. The van der Waals surface area contributed by atoms with Crippen LogP contribution in [0, 0.1) is 0 Å². The summed E-state index contributed by atoms with van der Waals surface area (Å²) in [5.74, 6) is 0. The fraction of sp³-hybridized carbons (Fsp3) is 0.286. The molecule has 2 aromatic rings. The van der Waals surface area contributed by atoms with Crippen molar-refractivity contribution in [3.63, 3.8) is 0 Å². The zero-order valence-electron chi connectivity index (χ0n) is 14.6. The molecule has 0 amide bonds. The first-order valence-corrected chi connectivity index (χ1v) is 8.57. The minimum atomic E-state index is 0.0232. The van der Waals surface area contributed by atoms with E-state index in [1.165, 1.54) is 28.3 Å². The Morgan fingerprint density at radius 2 is 1.83 bits per heavy atom. The number of allylic oxidation sites excluding steroid dienone is 2. The standard InChI is InChI=1S/C21H24N3/c1-21(2)16-8-4-6-10-18(16)23(3)20(21)12-14-24-15-13-22-17-9-5-7-11-19(17)24/h4-12,14,22H,13,15H2,1-3H3/q+1. The molecule has 1 N–H and O–H groups in total. The van der Waals surface area contributed by atoms with Gasteiger partial charge in [0.15, 0.2) is 12.8 Å². The minimum absolute atomic E-state index is 0.0232. The van der Waals surface area contributed by atoms with Crippen LogP contribution in [-0.2, 0) is 5.41 Å². The molecule has 24 heavy (non-hydrogen) atoms. The fourth-order valence-electron chi connectivity index (χ4n) is 3.92. The highest BCUT2D eigenvalue weighted by Gasteiger charge is 2.38. The summed E-state index contributed by atoms with van der Waals surface area (Å²) in [6.45, 7) is 6.56. The lowest BCUT2D eigenvalue weighted by molar-refractivity contribution is -0.433. The van der Waals surface area contributed by atoms with Crippen LogP contribution in [0.4, 0.5) is 17.1 Å². The Morgan fingerprint density at radius 1 is 1.08 bits per heavy atom. The molecule has 3 nitrogen and oxygen atoms in total. The van der Waals surface area contributed by atoms with E-state index in [4.69, 9.17) is 0 Å². The maximum Gasteiger partial charge on any atom is 0.228 e. The van der Waals surface area contributed by atoms with Crippen molar-refractivity contribution in [2.75, 3.05) is 30.4 Å². The minimum Gasteiger partial charge on any atom is -0.373 e. The Labute approximate surface area is 143 Å². The number of para-hydroxylation sites is 3. The first-order chi connectivity index (χ1) is 11.6. The van der Waals surface area contributed by atoms with Crippen LogP contribution >= 0.6 is 0 Å². The molecule has 0 bridgehead atoms. The third kappa shape index (κ3) is 2.23. The summed E-state index contributed by atoms with van der Waals surface area (Å²) in [5.41, 5.74) is 6.52. The number of anilines is 2. The van der Waals surface area contributed by atoms with Gasteiger partial charge in [-0.25, -0.2) is 0 Å². The van der Waals surface area contributed by atoms with Crippen molar-refractivity contribution in [3.05, 3.63) is 65.9 Å². The van der Waals surface area contributed by atoms with Crippen molar-refractivity contribution in [1.82, 2.24) is 0 Å². The lowest BCUT2D eigenvalue weighted by atomic mass is 9.84. The molecular formula is C21H24N3+. The number of benzene rings is 2. The summed E-state index contributed by atoms with van der Waals surface area (Å²) in [7, 11) is 2.17. The molecule has 0 radical (unpaired) electrons. The molecule has 0 atom stereocenters. The number of nitrogens with one attached hydrogen (secondary N) is 1. The van der Waals surface area contributed by atoms with E-state index in [1.807, 2.05) is 0 Å². The Morgan fingerprint density at radius 3 is 2.67 bits per heavy atom. The van der Waals surface area contributed by atoms with Gasteiger partial charge in [0.2, 0.25) is 5.69 Å².